The van der Waals surface area contributed by atoms with Gasteiger partial charge in [-0.25, -0.2) is 0 Å². The largest absolute Gasteiger partial charge is 0.508 e. The average Bonchev–Trinajstić information content (AvgIpc) is 2.20. The Balaban J connectivity index is 3.41. The fourth-order valence-corrected chi connectivity index (χ4v) is 1.20. The van der Waals surface area contributed by atoms with Crippen molar-refractivity contribution in [2.24, 2.45) is 0 Å². The van der Waals surface area contributed by atoms with Gasteiger partial charge in [-0.2, -0.15) is 0 Å². The molecule has 2 heteroatoms. The number of allylic oxidation sites excluding steroid dienone is 3. The molecule has 0 amide bonds. The summed E-state index contributed by atoms with van der Waals surface area (Å²) in [5.41, 5.74) is 0. The van der Waals surface area contributed by atoms with Gasteiger partial charge in [-0.1, -0.05) is 32.6 Å². The Morgan fingerprint density at radius 1 is 1.21 bits per heavy atom. The quantitative estimate of drug-likeness (QED) is 0.212. The van der Waals surface area contributed by atoms with Crippen molar-refractivity contribution in [1.82, 2.24) is 0 Å². The SMILES string of the molecule is CCCCCCCC=C(O)C=CC=O. The smallest absolute Gasteiger partial charge is 0.142 e. The maximum atomic E-state index is 9.93. The maximum absolute atomic E-state index is 9.93. The first-order valence-corrected chi connectivity index (χ1v) is 5.32. The average molecular weight is 196 g/mol. The zero-order valence-corrected chi connectivity index (χ0v) is 8.91. The van der Waals surface area contributed by atoms with Gasteiger partial charge in [-0.3, -0.25) is 4.79 Å². The van der Waals surface area contributed by atoms with Crippen LogP contribution in [0.3, 0.4) is 0 Å². The molecule has 0 aromatic rings. The van der Waals surface area contributed by atoms with Crippen LogP contribution in [0, 0.1) is 0 Å². The van der Waals surface area contributed by atoms with Gasteiger partial charge in [-0.05, 0) is 31.1 Å². The van der Waals surface area contributed by atoms with Gasteiger partial charge in [0.15, 0.2) is 0 Å². The second-order valence-corrected chi connectivity index (χ2v) is 3.33. The monoisotopic (exact) mass is 196 g/mol. The Bertz CT molecular complexity index is 192. The molecule has 0 heterocycles. The molecule has 0 unspecified atom stereocenters. The van der Waals surface area contributed by atoms with E-state index in [0.29, 0.717) is 6.29 Å². The zero-order chi connectivity index (χ0) is 10.6. The minimum absolute atomic E-state index is 0.188. The highest BCUT2D eigenvalue weighted by Crippen LogP contribution is 2.06. The fourth-order valence-electron chi connectivity index (χ4n) is 1.20. The first-order valence-electron chi connectivity index (χ1n) is 5.32. The van der Waals surface area contributed by atoms with Crippen LogP contribution in [0.4, 0.5) is 0 Å². The van der Waals surface area contributed by atoms with Crippen LogP contribution in [0.15, 0.2) is 24.0 Å². The molecule has 0 fully saturated rings. The molecule has 0 aromatic heterocycles. The van der Waals surface area contributed by atoms with E-state index in [2.05, 4.69) is 6.92 Å². The molecule has 0 atom stereocenters. The minimum Gasteiger partial charge on any atom is -0.508 e. The van der Waals surface area contributed by atoms with Crippen LogP contribution in [-0.4, -0.2) is 11.4 Å². The Morgan fingerprint density at radius 2 is 1.93 bits per heavy atom. The van der Waals surface area contributed by atoms with Crippen LogP contribution in [0.5, 0.6) is 0 Å². The summed E-state index contributed by atoms with van der Waals surface area (Å²) < 4.78 is 0. The van der Waals surface area contributed by atoms with Gasteiger partial charge < -0.3 is 5.11 Å². The number of aldehydes is 1. The lowest BCUT2D eigenvalue weighted by Gasteiger charge is -1.96. The molecule has 2 nitrogen and oxygen atoms in total. The summed E-state index contributed by atoms with van der Waals surface area (Å²) in [6.07, 6.45) is 12.2. The third-order valence-electron chi connectivity index (χ3n) is 2.01. The molecule has 1 N–H and O–H groups in total. The molecule has 0 aliphatic carbocycles. The van der Waals surface area contributed by atoms with E-state index in [1.165, 1.54) is 37.8 Å². The van der Waals surface area contributed by atoms with Crippen molar-refractivity contribution >= 4 is 6.29 Å². The summed E-state index contributed by atoms with van der Waals surface area (Å²) >= 11 is 0. The molecule has 0 bridgehead atoms. The van der Waals surface area contributed by atoms with E-state index in [9.17, 15) is 9.90 Å². The summed E-state index contributed by atoms with van der Waals surface area (Å²) in [5.74, 6) is 0.188. The van der Waals surface area contributed by atoms with Crippen molar-refractivity contribution in [3.05, 3.63) is 24.0 Å². The molecule has 0 aromatic carbocycles. The van der Waals surface area contributed by atoms with Crippen molar-refractivity contribution in [3.63, 3.8) is 0 Å². The van der Waals surface area contributed by atoms with Gasteiger partial charge in [0.25, 0.3) is 0 Å². The van der Waals surface area contributed by atoms with Crippen molar-refractivity contribution in [3.8, 4) is 0 Å². The van der Waals surface area contributed by atoms with Gasteiger partial charge >= 0.3 is 0 Å². The molecule has 80 valence electrons. The summed E-state index contributed by atoms with van der Waals surface area (Å²) in [5, 5.41) is 9.20. The normalized spacial score (nSPS) is 12.2. The zero-order valence-electron chi connectivity index (χ0n) is 8.91. The maximum Gasteiger partial charge on any atom is 0.142 e. The van der Waals surface area contributed by atoms with Crippen molar-refractivity contribution in [1.29, 1.82) is 0 Å². The Labute approximate surface area is 86.3 Å². The van der Waals surface area contributed by atoms with Crippen LogP contribution < -0.4 is 0 Å². The predicted octanol–water partition coefficient (Wildman–Crippen LogP) is 3.54. The first-order chi connectivity index (χ1) is 6.81. The van der Waals surface area contributed by atoms with E-state index in [4.69, 9.17) is 0 Å². The summed E-state index contributed by atoms with van der Waals surface area (Å²) in [6.45, 7) is 2.19. The molecule has 14 heavy (non-hydrogen) atoms. The summed E-state index contributed by atoms with van der Waals surface area (Å²) in [4.78, 5) is 9.93. The highest BCUT2D eigenvalue weighted by Gasteiger charge is 1.88. The topological polar surface area (TPSA) is 37.3 Å². The number of rotatable bonds is 8. The van der Waals surface area contributed by atoms with Gasteiger partial charge in [0.2, 0.25) is 0 Å². The molecular weight excluding hydrogens is 176 g/mol. The van der Waals surface area contributed by atoms with Gasteiger partial charge in [0, 0.05) is 0 Å². The molecule has 0 aliphatic rings. The Hall–Kier alpha value is -1.05. The third kappa shape index (κ3) is 9.04. The van der Waals surface area contributed by atoms with Gasteiger partial charge in [0.1, 0.15) is 12.0 Å². The summed E-state index contributed by atoms with van der Waals surface area (Å²) in [7, 11) is 0. The predicted molar refractivity (Wildman–Crippen MR) is 59.3 cm³/mol. The minimum atomic E-state index is 0.188. The number of aliphatic hydroxyl groups excluding tert-OH is 1. The second kappa shape index (κ2) is 10.0. The highest BCUT2D eigenvalue weighted by molar-refractivity contribution is 5.65. The standard InChI is InChI=1S/C12H20O2/c1-2-3-4-5-6-7-9-12(14)10-8-11-13/h8-11,14H,2-7H2,1H3. The number of hydrogen-bond donors (Lipinski definition) is 1. The van der Waals surface area contributed by atoms with Crippen LogP contribution in [0.2, 0.25) is 0 Å². The fraction of sp³-hybridized carbons (Fsp3) is 0.583. The van der Waals surface area contributed by atoms with Crippen molar-refractivity contribution < 1.29 is 9.90 Å². The third-order valence-corrected chi connectivity index (χ3v) is 2.01. The van der Waals surface area contributed by atoms with Crippen LogP contribution >= 0.6 is 0 Å². The molecular formula is C12H20O2. The number of hydrogen-bond acceptors (Lipinski definition) is 2. The van der Waals surface area contributed by atoms with E-state index < -0.39 is 0 Å². The van der Waals surface area contributed by atoms with E-state index in [0.717, 1.165) is 12.8 Å². The molecule has 0 spiro atoms. The number of aliphatic hydroxyl groups is 1. The van der Waals surface area contributed by atoms with Gasteiger partial charge in [-0.15, -0.1) is 0 Å². The Morgan fingerprint density at radius 3 is 2.57 bits per heavy atom. The van der Waals surface area contributed by atoms with Crippen LogP contribution in [0.25, 0.3) is 0 Å². The highest BCUT2D eigenvalue weighted by atomic mass is 16.3. The molecule has 0 saturated carbocycles. The second-order valence-electron chi connectivity index (χ2n) is 3.33. The van der Waals surface area contributed by atoms with E-state index >= 15 is 0 Å². The van der Waals surface area contributed by atoms with Crippen LogP contribution in [-0.2, 0) is 4.79 Å². The number of carbonyl (C=O) groups is 1. The lowest BCUT2D eigenvalue weighted by atomic mass is 10.1. The molecule has 0 saturated heterocycles. The first kappa shape index (κ1) is 12.9. The van der Waals surface area contributed by atoms with E-state index in [-0.39, 0.29) is 5.76 Å². The van der Waals surface area contributed by atoms with Crippen LogP contribution in [0.1, 0.15) is 45.4 Å². The van der Waals surface area contributed by atoms with E-state index in [1.807, 2.05) is 0 Å². The lowest BCUT2D eigenvalue weighted by Crippen LogP contribution is -1.79. The molecule has 0 aliphatic heterocycles. The summed E-state index contributed by atoms with van der Waals surface area (Å²) in [6, 6.07) is 0. The van der Waals surface area contributed by atoms with E-state index in [1.54, 1.807) is 6.08 Å². The van der Waals surface area contributed by atoms with Crippen molar-refractivity contribution in [2.75, 3.05) is 0 Å². The lowest BCUT2D eigenvalue weighted by molar-refractivity contribution is -0.104. The van der Waals surface area contributed by atoms with Crippen molar-refractivity contribution in [2.45, 2.75) is 45.4 Å². The number of carbonyl (C=O) groups excluding carboxylic acids is 1. The molecule has 0 rings (SSSR count). The molecule has 0 radical (unpaired) electrons. The Kier molecular flexibility index (Phi) is 9.28. The number of unbranched alkanes of at least 4 members (excludes halogenated alkanes) is 5. The van der Waals surface area contributed by atoms with Gasteiger partial charge in [0.05, 0.1) is 0 Å².